The maximum absolute atomic E-state index is 12.3. The SMILES string of the molecule is COC(=O)C1Cc2cccnc2N1C(=O)OC(C)(C)C. The molecule has 1 aliphatic heterocycles. The van der Waals surface area contributed by atoms with Gasteiger partial charge in [-0.2, -0.15) is 0 Å². The summed E-state index contributed by atoms with van der Waals surface area (Å²) in [6.07, 6.45) is 1.37. The van der Waals surface area contributed by atoms with Gasteiger partial charge in [0.05, 0.1) is 7.11 Å². The molecule has 2 rings (SSSR count). The number of aromatic nitrogens is 1. The number of fused-ring (bicyclic) bond motifs is 1. The van der Waals surface area contributed by atoms with Crippen molar-refractivity contribution in [2.75, 3.05) is 12.0 Å². The van der Waals surface area contributed by atoms with Gasteiger partial charge in [0.15, 0.2) is 0 Å². The van der Waals surface area contributed by atoms with Gasteiger partial charge in [-0.05, 0) is 32.4 Å². The van der Waals surface area contributed by atoms with Gasteiger partial charge in [0.1, 0.15) is 17.5 Å². The largest absolute Gasteiger partial charge is 0.467 e. The molecule has 1 unspecified atom stereocenters. The van der Waals surface area contributed by atoms with Crippen LogP contribution in [0, 0.1) is 0 Å². The molecule has 0 radical (unpaired) electrons. The number of anilines is 1. The lowest BCUT2D eigenvalue weighted by molar-refractivity contribution is -0.142. The third-order valence-electron chi connectivity index (χ3n) is 2.88. The van der Waals surface area contributed by atoms with Crippen LogP contribution in [-0.4, -0.2) is 35.8 Å². The minimum atomic E-state index is -0.722. The van der Waals surface area contributed by atoms with Crippen molar-refractivity contribution < 1.29 is 19.1 Å². The normalized spacial score (nSPS) is 17.6. The Morgan fingerprint density at radius 3 is 2.70 bits per heavy atom. The molecule has 108 valence electrons. The van der Waals surface area contributed by atoms with Gasteiger partial charge in [0.25, 0.3) is 0 Å². The van der Waals surface area contributed by atoms with Crippen molar-refractivity contribution in [1.29, 1.82) is 0 Å². The van der Waals surface area contributed by atoms with Crippen molar-refractivity contribution in [3.05, 3.63) is 23.9 Å². The highest BCUT2D eigenvalue weighted by Gasteiger charge is 2.42. The molecule has 0 fully saturated rings. The highest BCUT2D eigenvalue weighted by Crippen LogP contribution is 2.31. The summed E-state index contributed by atoms with van der Waals surface area (Å²) in [5.74, 6) is -0.0222. The topological polar surface area (TPSA) is 68.7 Å². The van der Waals surface area contributed by atoms with E-state index >= 15 is 0 Å². The van der Waals surface area contributed by atoms with Gasteiger partial charge in [-0.1, -0.05) is 6.07 Å². The van der Waals surface area contributed by atoms with Gasteiger partial charge < -0.3 is 9.47 Å². The summed E-state index contributed by atoms with van der Waals surface area (Å²) in [5, 5.41) is 0. The van der Waals surface area contributed by atoms with Crippen molar-refractivity contribution in [2.45, 2.75) is 38.8 Å². The van der Waals surface area contributed by atoms with Crippen molar-refractivity contribution in [3.8, 4) is 0 Å². The lowest BCUT2D eigenvalue weighted by atomic mass is 10.1. The van der Waals surface area contributed by atoms with Crippen LogP contribution in [0.25, 0.3) is 0 Å². The first kappa shape index (κ1) is 14.3. The molecule has 0 bridgehead atoms. The second-order valence-corrected chi connectivity index (χ2v) is 5.58. The predicted molar refractivity (Wildman–Crippen MR) is 72.5 cm³/mol. The molecule has 0 N–H and O–H groups in total. The lowest BCUT2D eigenvalue weighted by Gasteiger charge is -2.27. The van der Waals surface area contributed by atoms with Crippen LogP contribution in [-0.2, 0) is 20.7 Å². The van der Waals surface area contributed by atoms with Crippen molar-refractivity contribution in [2.24, 2.45) is 0 Å². The Hall–Kier alpha value is -2.11. The quantitative estimate of drug-likeness (QED) is 0.734. The smallest absolute Gasteiger partial charge is 0.416 e. The lowest BCUT2D eigenvalue weighted by Crippen LogP contribution is -2.46. The zero-order valence-electron chi connectivity index (χ0n) is 12.0. The molecule has 0 spiro atoms. The van der Waals surface area contributed by atoms with Gasteiger partial charge in [-0.25, -0.2) is 19.5 Å². The first-order valence-corrected chi connectivity index (χ1v) is 6.37. The Labute approximate surface area is 117 Å². The maximum atomic E-state index is 12.3. The molecule has 1 aliphatic rings. The summed E-state index contributed by atoms with van der Waals surface area (Å²) in [5.41, 5.74) is 0.184. The number of nitrogens with zero attached hydrogens (tertiary/aromatic N) is 2. The van der Waals surface area contributed by atoms with Crippen LogP contribution in [0.1, 0.15) is 26.3 Å². The zero-order chi connectivity index (χ0) is 14.9. The van der Waals surface area contributed by atoms with E-state index in [1.54, 1.807) is 33.0 Å². The fourth-order valence-corrected chi connectivity index (χ4v) is 2.10. The molecule has 0 saturated heterocycles. The fraction of sp³-hybridized carbons (Fsp3) is 0.500. The van der Waals surface area contributed by atoms with E-state index in [9.17, 15) is 9.59 Å². The second-order valence-electron chi connectivity index (χ2n) is 5.58. The van der Waals surface area contributed by atoms with Gasteiger partial charge in [-0.3, -0.25) is 0 Å². The maximum Gasteiger partial charge on any atom is 0.416 e. The van der Waals surface area contributed by atoms with Crippen molar-refractivity contribution in [1.82, 2.24) is 4.98 Å². The summed E-state index contributed by atoms with van der Waals surface area (Å²) in [7, 11) is 1.30. The number of carbonyl (C=O) groups excluding carboxylic acids is 2. The average molecular weight is 278 g/mol. The minimum Gasteiger partial charge on any atom is -0.467 e. The van der Waals surface area contributed by atoms with Crippen LogP contribution in [0.2, 0.25) is 0 Å². The average Bonchev–Trinajstić information content (AvgIpc) is 2.75. The van der Waals surface area contributed by atoms with E-state index < -0.39 is 23.7 Å². The predicted octanol–water partition coefficient (Wildman–Crippen LogP) is 1.92. The Morgan fingerprint density at radius 2 is 2.10 bits per heavy atom. The summed E-state index contributed by atoms with van der Waals surface area (Å²) in [4.78, 5) is 29.6. The van der Waals surface area contributed by atoms with E-state index in [0.717, 1.165) is 5.56 Å². The first-order valence-electron chi connectivity index (χ1n) is 6.37. The summed E-state index contributed by atoms with van der Waals surface area (Å²) < 4.78 is 10.1. The number of methoxy groups -OCH3 is 1. The van der Waals surface area contributed by atoms with E-state index in [4.69, 9.17) is 9.47 Å². The van der Waals surface area contributed by atoms with Gasteiger partial charge >= 0.3 is 12.1 Å². The molecule has 1 atom stereocenters. The molecule has 1 amide bonds. The standard InChI is InChI=1S/C14H18N2O4/c1-14(2,3)20-13(18)16-10(12(17)19-4)8-9-6-5-7-15-11(9)16/h5-7,10H,8H2,1-4H3. The van der Waals surface area contributed by atoms with Crippen molar-refractivity contribution >= 4 is 17.9 Å². The molecule has 1 aromatic rings. The van der Waals surface area contributed by atoms with Crippen LogP contribution in [0.4, 0.5) is 10.6 Å². The molecule has 0 saturated carbocycles. The molecule has 0 aromatic carbocycles. The third-order valence-corrected chi connectivity index (χ3v) is 2.88. The number of rotatable bonds is 1. The Bertz CT molecular complexity index is 536. The van der Waals surface area contributed by atoms with Crippen LogP contribution >= 0.6 is 0 Å². The van der Waals surface area contributed by atoms with Gasteiger partial charge in [0.2, 0.25) is 0 Å². The Balaban J connectivity index is 2.34. The molecule has 2 heterocycles. The summed E-state index contributed by atoms with van der Waals surface area (Å²) >= 11 is 0. The fourth-order valence-electron chi connectivity index (χ4n) is 2.10. The highest BCUT2D eigenvalue weighted by atomic mass is 16.6. The molecule has 0 aliphatic carbocycles. The van der Waals surface area contributed by atoms with E-state index in [0.29, 0.717) is 12.2 Å². The van der Waals surface area contributed by atoms with Crippen LogP contribution in [0.5, 0.6) is 0 Å². The van der Waals surface area contributed by atoms with E-state index in [1.165, 1.54) is 12.0 Å². The van der Waals surface area contributed by atoms with Gasteiger partial charge in [0, 0.05) is 12.6 Å². The minimum absolute atomic E-state index is 0.384. The summed E-state index contributed by atoms with van der Waals surface area (Å²) in [6, 6.07) is 2.88. The Morgan fingerprint density at radius 1 is 1.40 bits per heavy atom. The van der Waals surface area contributed by atoms with E-state index in [1.807, 2.05) is 6.07 Å². The molecule has 6 heteroatoms. The molecular weight excluding hydrogens is 260 g/mol. The number of esters is 1. The van der Waals surface area contributed by atoms with Crippen LogP contribution in [0.3, 0.4) is 0 Å². The number of amides is 1. The van der Waals surface area contributed by atoms with E-state index in [-0.39, 0.29) is 0 Å². The first-order chi connectivity index (χ1) is 9.33. The van der Waals surface area contributed by atoms with Gasteiger partial charge in [-0.15, -0.1) is 0 Å². The number of carbonyl (C=O) groups is 2. The number of ether oxygens (including phenoxy) is 2. The van der Waals surface area contributed by atoms with Crippen molar-refractivity contribution in [3.63, 3.8) is 0 Å². The van der Waals surface area contributed by atoms with Crippen LogP contribution in [0.15, 0.2) is 18.3 Å². The third kappa shape index (κ3) is 2.74. The number of pyridine rings is 1. The van der Waals surface area contributed by atoms with E-state index in [2.05, 4.69) is 4.98 Å². The molecular formula is C14H18N2O4. The molecule has 20 heavy (non-hydrogen) atoms. The Kier molecular flexibility index (Phi) is 3.65. The second kappa shape index (κ2) is 5.11. The van der Waals surface area contributed by atoms with Crippen LogP contribution < -0.4 is 4.90 Å². The number of hydrogen-bond donors (Lipinski definition) is 0. The molecule has 1 aromatic heterocycles. The monoisotopic (exact) mass is 278 g/mol. The zero-order valence-corrected chi connectivity index (χ0v) is 12.0. The molecule has 6 nitrogen and oxygen atoms in total. The number of hydrogen-bond acceptors (Lipinski definition) is 5. The highest BCUT2D eigenvalue weighted by molar-refractivity contribution is 5.98. The summed E-state index contributed by atoms with van der Waals surface area (Å²) in [6.45, 7) is 5.31.